The number of aryl methyl sites for hydroxylation is 3. The van der Waals surface area contributed by atoms with E-state index in [0.29, 0.717) is 24.7 Å². The third-order valence-electron chi connectivity index (χ3n) is 5.40. The van der Waals surface area contributed by atoms with Crippen molar-refractivity contribution in [1.82, 2.24) is 15.1 Å². The van der Waals surface area contributed by atoms with Crippen molar-refractivity contribution < 1.29 is 14.3 Å². The van der Waals surface area contributed by atoms with E-state index in [2.05, 4.69) is 28.6 Å². The van der Waals surface area contributed by atoms with Crippen molar-refractivity contribution in [2.24, 2.45) is 7.05 Å². The molecule has 0 radical (unpaired) electrons. The minimum Gasteiger partial charge on any atom is -0.476 e. The van der Waals surface area contributed by atoms with Gasteiger partial charge in [0.25, 0.3) is 0 Å². The number of hydrogen-bond donors (Lipinski definition) is 1. The molecule has 0 unspecified atom stereocenters. The predicted octanol–water partition coefficient (Wildman–Crippen LogP) is 5.37. The van der Waals surface area contributed by atoms with Crippen molar-refractivity contribution in [2.75, 3.05) is 6.61 Å². The van der Waals surface area contributed by atoms with Gasteiger partial charge in [-0.15, -0.1) is 0 Å². The highest BCUT2D eigenvalue weighted by Gasteiger charge is 2.32. The first-order chi connectivity index (χ1) is 15.6. The van der Waals surface area contributed by atoms with Gasteiger partial charge in [0.1, 0.15) is 5.75 Å². The Morgan fingerprint density at radius 1 is 1.09 bits per heavy atom. The minimum atomic E-state index is -1.05. The van der Waals surface area contributed by atoms with Gasteiger partial charge >= 0.3 is 5.97 Å². The summed E-state index contributed by atoms with van der Waals surface area (Å²) < 4.78 is 13.1. The van der Waals surface area contributed by atoms with Crippen LogP contribution in [0, 0.1) is 13.8 Å². The van der Waals surface area contributed by atoms with E-state index in [1.807, 2.05) is 49.8 Å². The Bertz CT molecular complexity index is 1100. The van der Waals surface area contributed by atoms with E-state index in [-0.39, 0.29) is 5.97 Å². The zero-order chi connectivity index (χ0) is 24.2. The fraction of sp³-hybridized carbons (Fsp3) is 0.385. The van der Waals surface area contributed by atoms with Crippen LogP contribution in [0.25, 0.3) is 11.3 Å². The highest BCUT2D eigenvalue weighted by atomic mass is 35.5. The average molecular weight is 470 g/mol. The summed E-state index contributed by atoms with van der Waals surface area (Å²) in [6, 6.07) is 13.9. The van der Waals surface area contributed by atoms with Crippen LogP contribution in [0.3, 0.4) is 0 Å². The molecule has 0 bridgehead atoms. The van der Waals surface area contributed by atoms with Crippen LogP contribution in [-0.2, 0) is 29.7 Å². The Labute approximate surface area is 200 Å². The molecule has 0 saturated heterocycles. The molecule has 0 spiro atoms. The molecule has 1 N–H and O–H groups in total. The first-order valence-electron chi connectivity index (χ1n) is 11.1. The van der Waals surface area contributed by atoms with Gasteiger partial charge in [-0.3, -0.25) is 4.68 Å². The van der Waals surface area contributed by atoms with Gasteiger partial charge in [-0.25, -0.2) is 4.79 Å². The topological polar surface area (TPSA) is 65.4 Å². The van der Waals surface area contributed by atoms with E-state index < -0.39 is 5.60 Å². The van der Waals surface area contributed by atoms with E-state index in [9.17, 15) is 4.79 Å². The molecular formula is C26H32ClN3O3. The van der Waals surface area contributed by atoms with E-state index in [4.69, 9.17) is 21.1 Å². The fourth-order valence-corrected chi connectivity index (χ4v) is 3.80. The molecule has 1 heterocycles. The average Bonchev–Trinajstić information content (AvgIpc) is 3.12. The molecular weight excluding hydrogens is 438 g/mol. The van der Waals surface area contributed by atoms with E-state index in [1.165, 1.54) is 0 Å². The predicted molar refractivity (Wildman–Crippen MR) is 131 cm³/mol. The number of halogens is 1. The Morgan fingerprint density at radius 3 is 2.33 bits per heavy atom. The molecule has 0 amide bonds. The lowest BCUT2D eigenvalue weighted by Crippen LogP contribution is -2.40. The van der Waals surface area contributed by atoms with E-state index >= 15 is 0 Å². The molecule has 2 aromatic carbocycles. The van der Waals surface area contributed by atoms with Gasteiger partial charge in [-0.2, -0.15) is 5.10 Å². The molecule has 0 aliphatic rings. The number of carbonyl (C=O) groups excluding carboxylic acids is 1. The normalized spacial score (nSPS) is 11.5. The second-order valence-corrected chi connectivity index (χ2v) is 9.08. The van der Waals surface area contributed by atoms with Crippen LogP contribution >= 0.6 is 11.6 Å². The molecule has 0 saturated carbocycles. The van der Waals surface area contributed by atoms with Gasteiger partial charge in [0, 0.05) is 30.7 Å². The quantitative estimate of drug-likeness (QED) is 0.427. The Kier molecular flexibility index (Phi) is 7.82. The number of nitrogens with zero attached hydrogens (tertiary/aromatic N) is 2. The second kappa shape index (κ2) is 10.4. The number of benzene rings is 2. The van der Waals surface area contributed by atoms with Gasteiger partial charge in [0.2, 0.25) is 0 Å². The first-order valence-corrected chi connectivity index (χ1v) is 11.4. The van der Waals surface area contributed by atoms with Crippen molar-refractivity contribution in [3.05, 3.63) is 69.9 Å². The largest absolute Gasteiger partial charge is 0.476 e. The molecule has 3 aromatic rings. The standard InChI is InChI=1S/C26H32ClN3O3/c1-7-32-25(31)26(4,5)33-24-17(2)12-19(13-18(24)3)15-28-16-22-14-23(29-30(22)6)20-8-10-21(27)11-9-20/h8-14,28H,7,15-16H2,1-6H3. The third kappa shape index (κ3) is 6.15. The Morgan fingerprint density at radius 2 is 1.73 bits per heavy atom. The number of esters is 1. The highest BCUT2D eigenvalue weighted by molar-refractivity contribution is 6.30. The maximum Gasteiger partial charge on any atom is 0.349 e. The lowest BCUT2D eigenvalue weighted by molar-refractivity contribution is -0.158. The smallest absolute Gasteiger partial charge is 0.349 e. The van der Waals surface area contributed by atoms with Crippen LogP contribution in [0.1, 0.15) is 43.2 Å². The lowest BCUT2D eigenvalue weighted by atomic mass is 10.0. The van der Waals surface area contributed by atoms with Crippen LogP contribution in [0.4, 0.5) is 0 Å². The molecule has 33 heavy (non-hydrogen) atoms. The SMILES string of the molecule is CCOC(=O)C(C)(C)Oc1c(C)cc(CNCc2cc(-c3ccc(Cl)cc3)nn2C)cc1C. The molecule has 0 atom stereocenters. The van der Waals surface area contributed by atoms with Crippen LogP contribution in [0.2, 0.25) is 5.02 Å². The zero-order valence-electron chi connectivity index (χ0n) is 20.2. The number of nitrogens with one attached hydrogen (secondary N) is 1. The summed E-state index contributed by atoms with van der Waals surface area (Å²) in [5, 5.41) is 8.82. The van der Waals surface area contributed by atoms with Gasteiger partial charge in [-0.1, -0.05) is 35.9 Å². The summed E-state index contributed by atoms with van der Waals surface area (Å²) in [4.78, 5) is 12.2. The summed E-state index contributed by atoms with van der Waals surface area (Å²) in [7, 11) is 1.95. The van der Waals surface area contributed by atoms with Crippen molar-refractivity contribution in [3.63, 3.8) is 0 Å². The highest BCUT2D eigenvalue weighted by Crippen LogP contribution is 2.29. The minimum absolute atomic E-state index is 0.325. The number of ether oxygens (including phenoxy) is 2. The molecule has 0 fully saturated rings. The maximum absolute atomic E-state index is 12.2. The monoisotopic (exact) mass is 469 g/mol. The molecule has 0 aliphatic carbocycles. The number of rotatable bonds is 9. The number of hydrogen-bond acceptors (Lipinski definition) is 5. The van der Waals surface area contributed by atoms with Gasteiger partial charge in [-0.05, 0) is 69.5 Å². The van der Waals surface area contributed by atoms with Crippen LogP contribution in [-0.4, -0.2) is 28.0 Å². The van der Waals surface area contributed by atoms with Crippen LogP contribution in [0.15, 0.2) is 42.5 Å². The molecule has 176 valence electrons. The van der Waals surface area contributed by atoms with Crippen LogP contribution < -0.4 is 10.1 Å². The molecule has 7 heteroatoms. The van der Waals surface area contributed by atoms with Crippen molar-refractivity contribution in [2.45, 2.75) is 53.3 Å². The summed E-state index contributed by atoms with van der Waals surface area (Å²) >= 11 is 5.99. The third-order valence-corrected chi connectivity index (χ3v) is 5.65. The van der Waals surface area contributed by atoms with Crippen LogP contribution in [0.5, 0.6) is 5.75 Å². The maximum atomic E-state index is 12.2. The number of aromatic nitrogens is 2. The van der Waals surface area contributed by atoms with Gasteiger partial charge < -0.3 is 14.8 Å². The number of carbonyl (C=O) groups is 1. The molecule has 3 rings (SSSR count). The first kappa shape index (κ1) is 24.8. The lowest BCUT2D eigenvalue weighted by Gasteiger charge is -2.26. The Balaban J connectivity index is 1.64. The van der Waals surface area contributed by atoms with Crippen molar-refractivity contribution in [3.8, 4) is 17.0 Å². The zero-order valence-corrected chi connectivity index (χ0v) is 20.9. The molecule has 0 aliphatic heterocycles. The molecule has 6 nitrogen and oxygen atoms in total. The second-order valence-electron chi connectivity index (χ2n) is 8.65. The van der Waals surface area contributed by atoms with E-state index in [1.54, 1.807) is 20.8 Å². The molecule has 1 aromatic heterocycles. The van der Waals surface area contributed by atoms with Gasteiger partial charge in [0.05, 0.1) is 18.0 Å². The summed E-state index contributed by atoms with van der Waals surface area (Å²) in [6.07, 6.45) is 0. The summed E-state index contributed by atoms with van der Waals surface area (Å²) in [5.41, 5.74) is 5.10. The van der Waals surface area contributed by atoms with Crippen molar-refractivity contribution in [1.29, 1.82) is 0 Å². The fourth-order valence-electron chi connectivity index (χ4n) is 3.67. The Hall–Kier alpha value is -2.83. The summed E-state index contributed by atoms with van der Waals surface area (Å²) in [6.45, 7) is 10.9. The van der Waals surface area contributed by atoms with Crippen molar-refractivity contribution >= 4 is 17.6 Å². The van der Waals surface area contributed by atoms with Gasteiger partial charge in [0.15, 0.2) is 5.60 Å². The van der Waals surface area contributed by atoms with E-state index in [0.717, 1.165) is 39.4 Å². The summed E-state index contributed by atoms with van der Waals surface area (Å²) in [5.74, 6) is 0.347.